The number of anilines is 1. The third kappa shape index (κ3) is 3.78. The maximum atomic E-state index is 5.86. The largest absolute Gasteiger partial charge is 0.398 e. The second kappa shape index (κ2) is 6.17. The van der Waals surface area contributed by atoms with Gasteiger partial charge in [-0.2, -0.15) is 0 Å². The van der Waals surface area contributed by atoms with E-state index in [2.05, 4.69) is 0 Å². The van der Waals surface area contributed by atoms with E-state index in [1.165, 1.54) is 0 Å². The van der Waals surface area contributed by atoms with Gasteiger partial charge in [-0.3, -0.25) is 0 Å². The molecule has 0 heterocycles. The van der Waals surface area contributed by atoms with Crippen molar-refractivity contribution in [2.24, 2.45) is 0 Å². The van der Waals surface area contributed by atoms with Crippen LogP contribution in [0.3, 0.4) is 0 Å². The van der Waals surface area contributed by atoms with Gasteiger partial charge in [0, 0.05) is 35.1 Å². The van der Waals surface area contributed by atoms with Gasteiger partial charge in [0.15, 0.2) is 0 Å². The molecule has 14 heavy (non-hydrogen) atoms. The number of halogens is 1. The molecule has 0 amide bonds. The average molecular weight is 232 g/mol. The fraction of sp³-hybridized carbons (Fsp3) is 0.400. The first-order valence-electron chi connectivity index (χ1n) is 4.41. The highest BCUT2D eigenvalue weighted by Crippen LogP contribution is 2.28. The summed E-state index contributed by atoms with van der Waals surface area (Å²) in [6, 6.07) is 5.53. The average Bonchev–Trinajstić information content (AvgIpc) is 2.18. The van der Waals surface area contributed by atoms with E-state index in [9.17, 15) is 0 Å². The summed E-state index contributed by atoms with van der Waals surface area (Å²) in [4.78, 5) is 1.05. The van der Waals surface area contributed by atoms with E-state index in [1.54, 1.807) is 24.9 Å². The molecular weight excluding hydrogens is 218 g/mol. The van der Waals surface area contributed by atoms with Gasteiger partial charge >= 0.3 is 0 Å². The molecule has 1 aromatic carbocycles. The molecule has 0 spiro atoms. The Bertz CT molecular complexity index is 293. The number of hydrogen-bond acceptors (Lipinski definition) is 3. The highest BCUT2D eigenvalue weighted by molar-refractivity contribution is 7.99. The number of nitrogen functional groups attached to an aromatic ring is 1. The van der Waals surface area contributed by atoms with Crippen molar-refractivity contribution in [1.82, 2.24) is 0 Å². The maximum absolute atomic E-state index is 5.86. The third-order valence-electron chi connectivity index (χ3n) is 1.73. The Balaban J connectivity index is 2.45. The van der Waals surface area contributed by atoms with Gasteiger partial charge in [-0.25, -0.2) is 0 Å². The number of methoxy groups -OCH3 is 1. The number of rotatable bonds is 5. The van der Waals surface area contributed by atoms with Crippen molar-refractivity contribution in [2.45, 2.75) is 11.3 Å². The molecule has 0 aliphatic rings. The molecule has 0 saturated carbocycles. The van der Waals surface area contributed by atoms with Crippen molar-refractivity contribution in [3.63, 3.8) is 0 Å². The Morgan fingerprint density at radius 1 is 1.50 bits per heavy atom. The summed E-state index contributed by atoms with van der Waals surface area (Å²) in [6.07, 6.45) is 1.02. The van der Waals surface area contributed by atoms with Crippen molar-refractivity contribution < 1.29 is 4.74 Å². The van der Waals surface area contributed by atoms with Crippen molar-refractivity contribution >= 4 is 29.1 Å². The Morgan fingerprint density at radius 2 is 2.29 bits per heavy atom. The van der Waals surface area contributed by atoms with Crippen LogP contribution in [0.2, 0.25) is 5.02 Å². The summed E-state index contributed by atoms with van der Waals surface area (Å²) in [5, 5.41) is 0.730. The van der Waals surface area contributed by atoms with Gasteiger partial charge in [-0.05, 0) is 24.6 Å². The predicted molar refractivity (Wildman–Crippen MR) is 63.1 cm³/mol. The normalized spacial score (nSPS) is 10.4. The molecule has 1 rings (SSSR count). The fourth-order valence-corrected chi connectivity index (χ4v) is 2.18. The zero-order valence-corrected chi connectivity index (χ0v) is 9.70. The lowest BCUT2D eigenvalue weighted by Crippen LogP contribution is -1.92. The van der Waals surface area contributed by atoms with Gasteiger partial charge in [0.1, 0.15) is 0 Å². The molecular formula is C10H14ClNOS. The molecule has 0 radical (unpaired) electrons. The smallest absolute Gasteiger partial charge is 0.0470 e. The van der Waals surface area contributed by atoms with Gasteiger partial charge < -0.3 is 10.5 Å². The Kier molecular flexibility index (Phi) is 5.15. The molecule has 0 unspecified atom stereocenters. The predicted octanol–water partition coefficient (Wildman–Crippen LogP) is 3.05. The van der Waals surface area contributed by atoms with Gasteiger partial charge in [0.2, 0.25) is 0 Å². The van der Waals surface area contributed by atoms with Crippen LogP contribution in [0.5, 0.6) is 0 Å². The first-order valence-corrected chi connectivity index (χ1v) is 5.77. The molecule has 0 aliphatic heterocycles. The molecule has 2 N–H and O–H groups in total. The zero-order valence-electron chi connectivity index (χ0n) is 8.13. The van der Waals surface area contributed by atoms with Gasteiger partial charge in [0.05, 0.1) is 0 Å². The highest BCUT2D eigenvalue weighted by Gasteiger charge is 2.00. The minimum absolute atomic E-state index is 0.730. The van der Waals surface area contributed by atoms with E-state index in [0.717, 1.165) is 34.4 Å². The number of ether oxygens (including phenoxy) is 1. The number of benzene rings is 1. The Morgan fingerprint density at radius 3 is 3.00 bits per heavy atom. The minimum atomic E-state index is 0.730. The number of hydrogen-bond donors (Lipinski definition) is 1. The van der Waals surface area contributed by atoms with Gasteiger partial charge in [0.25, 0.3) is 0 Å². The van der Waals surface area contributed by atoms with Crippen LogP contribution in [0.1, 0.15) is 6.42 Å². The maximum Gasteiger partial charge on any atom is 0.0470 e. The Hall–Kier alpha value is -0.380. The lowest BCUT2D eigenvalue weighted by atomic mass is 10.3. The molecule has 0 aliphatic carbocycles. The van der Waals surface area contributed by atoms with E-state index in [4.69, 9.17) is 22.1 Å². The van der Waals surface area contributed by atoms with Gasteiger partial charge in [-0.1, -0.05) is 11.6 Å². The zero-order chi connectivity index (χ0) is 10.4. The molecule has 1 aromatic rings. The van der Waals surface area contributed by atoms with Crippen molar-refractivity contribution in [1.29, 1.82) is 0 Å². The van der Waals surface area contributed by atoms with Crippen LogP contribution in [0.25, 0.3) is 0 Å². The fourth-order valence-electron chi connectivity index (χ4n) is 1.02. The van der Waals surface area contributed by atoms with Crippen LogP contribution in [-0.4, -0.2) is 19.5 Å². The van der Waals surface area contributed by atoms with Crippen LogP contribution in [0.15, 0.2) is 23.1 Å². The Labute approximate surface area is 93.8 Å². The summed E-state index contributed by atoms with van der Waals surface area (Å²) < 4.78 is 4.96. The molecule has 0 fully saturated rings. The van der Waals surface area contributed by atoms with E-state index in [0.29, 0.717) is 0 Å². The van der Waals surface area contributed by atoms with Crippen LogP contribution < -0.4 is 5.73 Å². The monoisotopic (exact) mass is 231 g/mol. The second-order valence-electron chi connectivity index (χ2n) is 2.88. The van der Waals surface area contributed by atoms with Crippen LogP contribution in [0, 0.1) is 0 Å². The van der Waals surface area contributed by atoms with Crippen molar-refractivity contribution in [2.75, 3.05) is 25.2 Å². The molecule has 0 aromatic heterocycles. The van der Waals surface area contributed by atoms with Crippen LogP contribution in [-0.2, 0) is 4.74 Å². The lowest BCUT2D eigenvalue weighted by molar-refractivity contribution is 0.200. The standard InChI is InChI=1S/C10H14ClNOS/c1-13-5-2-6-14-10-7-8(11)3-4-9(10)12/h3-4,7H,2,5-6,12H2,1H3. The topological polar surface area (TPSA) is 35.2 Å². The number of thioether (sulfide) groups is 1. The summed E-state index contributed by atoms with van der Waals surface area (Å²) in [5.74, 6) is 0.998. The SMILES string of the molecule is COCCCSc1cc(Cl)ccc1N. The van der Waals surface area contributed by atoms with Crippen molar-refractivity contribution in [3.05, 3.63) is 23.2 Å². The van der Waals surface area contributed by atoms with E-state index in [-0.39, 0.29) is 0 Å². The van der Waals surface area contributed by atoms with Crippen molar-refractivity contribution in [3.8, 4) is 0 Å². The quantitative estimate of drug-likeness (QED) is 0.481. The number of nitrogens with two attached hydrogens (primary N) is 1. The molecule has 78 valence electrons. The molecule has 0 saturated heterocycles. The molecule has 0 bridgehead atoms. The summed E-state index contributed by atoms with van der Waals surface area (Å²) >= 11 is 7.58. The van der Waals surface area contributed by atoms with E-state index in [1.807, 2.05) is 12.1 Å². The summed E-state index contributed by atoms with van der Waals surface area (Å²) in [5.41, 5.74) is 6.58. The first-order chi connectivity index (χ1) is 6.74. The minimum Gasteiger partial charge on any atom is -0.398 e. The molecule has 0 atom stereocenters. The van der Waals surface area contributed by atoms with Crippen LogP contribution >= 0.6 is 23.4 Å². The third-order valence-corrected chi connectivity index (χ3v) is 3.12. The lowest BCUT2D eigenvalue weighted by Gasteiger charge is -2.05. The highest BCUT2D eigenvalue weighted by atomic mass is 35.5. The molecule has 2 nitrogen and oxygen atoms in total. The van der Waals surface area contributed by atoms with E-state index >= 15 is 0 Å². The second-order valence-corrected chi connectivity index (χ2v) is 4.45. The molecule has 4 heteroatoms. The van der Waals surface area contributed by atoms with E-state index < -0.39 is 0 Å². The first kappa shape index (κ1) is 11.7. The van der Waals surface area contributed by atoms with Gasteiger partial charge in [-0.15, -0.1) is 11.8 Å². The summed E-state index contributed by atoms with van der Waals surface area (Å²) in [6.45, 7) is 0.785. The summed E-state index contributed by atoms with van der Waals surface area (Å²) in [7, 11) is 1.71. The van der Waals surface area contributed by atoms with Crippen LogP contribution in [0.4, 0.5) is 5.69 Å².